The monoisotopic (exact) mass is 275 g/mol. The molecule has 2 rings (SSSR count). The Morgan fingerprint density at radius 3 is 2.75 bits per heavy atom. The molecule has 104 valence electrons. The van der Waals surface area contributed by atoms with Crippen molar-refractivity contribution in [1.82, 2.24) is 16.1 Å². The Bertz CT molecular complexity index is 527. The maximum absolute atomic E-state index is 11.5. The number of carbonyl (C=O) groups excluding carboxylic acids is 3. The van der Waals surface area contributed by atoms with Crippen molar-refractivity contribution in [1.29, 1.82) is 0 Å². The van der Waals surface area contributed by atoms with Crippen LogP contribution in [-0.4, -0.2) is 30.2 Å². The molecule has 8 nitrogen and oxygen atoms in total. The molecule has 4 N–H and O–H groups in total. The summed E-state index contributed by atoms with van der Waals surface area (Å²) in [6.07, 6.45) is 1.37. The molecule has 0 aliphatic carbocycles. The van der Waals surface area contributed by atoms with Crippen LogP contribution in [0.1, 0.15) is 6.42 Å². The Hall–Kier alpha value is -2.90. The number of nitrogens with zero attached hydrogens (tertiary/aromatic N) is 1. The topological polar surface area (TPSA) is 112 Å². The maximum Gasteiger partial charge on any atom is 0.339 e. The first-order valence-electron chi connectivity index (χ1n) is 5.89. The second kappa shape index (κ2) is 6.32. The van der Waals surface area contributed by atoms with Gasteiger partial charge in [-0.1, -0.05) is 18.2 Å². The lowest BCUT2D eigenvalue weighted by molar-refractivity contribution is -0.120. The number of amides is 5. The van der Waals surface area contributed by atoms with Gasteiger partial charge in [-0.3, -0.25) is 10.1 Å². The lowest BCUT2D eigenvalue weighted by Gasteiger charge is -2.19. The lowest BCUT2D eigenvalue weighted by Crippen LogP contribution is -2.53. The zero-order valence-electron chi connectivity index (χ0n) is 10.4. The highest BCUT2D eigenvalue weighted by Crippen LogP contribution is 2.03. The predicted molar refractivity (Wildman–Crippen MR) is 72.2 cm³/mol. The molecule has 5 amide bonds. The van der Waals surface area contributed by atoms with Crippen LogP contribution in [-0.2, 0) is 4.79 Å². The van der Waals surface area contributed by atoms with Crippen molar-refractivity contribution in [2.45, 2.75) is 12.5 Å². The number of imide groups is 1. The van der Waals surface area contributed by atoms with E-state index in [1.165, 1.54) is 6.21 Å². The lowest BCUT2D eigenvalue weighted by atomic mass is 10.2. The molecule has 0 radical (unpaired) electrons. The first-order chi connectivity index (χ1) is 9.63. The Morgan fingerprint density at radius 2 is 2.05 bits per heavy atom. The van der Waals surface area contributed by atoms with Gasteiger partial charge in [0.05, 0.1) is 12.5 Å². The van der Waals surface area contributed by atoms with E-state index in [1.54, 1.807) is 24.3 Å². The van der Waals surface area contributed by atoms with E-state index in [9.17, 15) is 14.4 Å². The van der Waals surface area contributed by atoms with Gasteiger partial charge in [0.2, 0.25) is 5.91 Å². The van der Waals surface area contributed by atoms with Crippen molar-refractivity contribution >= 4 is 29.9 Å². The van der Waals surface area contributed by atoms with Crippen molar-refractivity contribution in [3.8, 4) is 0 Å². The van der Waals surface area contributed by atoms with Gasteiger partial charge in [-0.05, 0) is 12.1 Å². The number of anilines is 1. The fraction of sp³-hybridized carbons (Fsp3) is 0.167. The third-order valence-corrected chi connectivity index (χ3v) is 2.43. The zero-order chi connectivity index (χ0) is 14.4. The summed E-state index contributed by atoms with van der Waals surface area (Å²) in [6.45, 7) is 0. The summed E-state index contributed by atoms with van der Waals surface area (Å²) in [7, 11) is 0. The van der Waals surface area contributed by atoms with Gasteiger partial charge in [0.25, 0.3) is 0 Å². The van der Waals surface area contributed by atoms with E-state index in [-0.39, 0.29) is 12.3 Å². The summed E-state index contributed by atoms with van der Waals surface area (Å²) >= 11 is 0. The van der Waals surface area contributed by atoms with Gasteiger partial charge in [-0.15, -0.1) is 0 Å². The van der Waals surface area contributed by atoms with Gasteiger partial charge in [-0.25, -0.2) is 15.0 Å². The Labute approximate surface area is 114 Å². The molecule has 1 saturated heterocycles. The fourth-order valence-electron chi connectivity index (χ4n) is 1.59. The number of urea groups is 2. The van der Waals surface area contributed by atoms with Crippen molar-refractivity contribution in [3.05, 3.63) is 30.3 Å². The summed E-state index contributed by atoms with van der Waals surface area (Å²) in [5.74, 6) is -0.390. The number of hydrogen-bond acceptors (Lipinski definition) is 4. The standard InChI is InChI=1S/C12H13N5O3/c18-10-6-9(15-11(19)16-10)7-13-17-12(20)14-8-4-2-1-3-5-8/h1-5,7,9H,6H2,(H2,14,17,20)(H2,15,16,18,19)/b13-7+. The van der Waals surface area contributed by atoms with Crippen LogP contribution in [0.2, 0.25) is 0 Å². The van der Waals surface area contributed by atoms with Crippen molar-refractivity contribution < 1.29 is 14.4 Å². The predicted octanol–water partition coefficient (Wildman–Crippen LogP) is 0.392. The van der Waals surface area contributed by atoms with Crippen LogP contribution in [0.4, 0.5) is 15.3 Å². The highest BCUT2D eigenvalue weighted by Gasteiger charge is 2.22. The van der Waals surface area contributed by atoms with Crippen molar-refractivity contribution in [2.24, 2.45) is 5.10 Å². The number of hydrogen-bond donors (Lipinski definition) is 4. The fourth-order valence-corrected chi connectivity index (χ4v) is 1.59. The zero-order valence-corrected chi connectivity index (χ0v) is 10.4. The normalized spacial score (nSPS) is 18.3. The van der Waals surface area contributed by atoms with E-state index in [0.29, 0.717) is 5.69 Å². The van der Waals surface area contributed by atoms with Gasteiger partial charge < -0.3 is 10.6 Å². The van der Waals surface area contributed by atoms with Crippen LogP contribution in [0.5, 0.6) is 0 Å². The number of rotatable bonds is 3. The quantitative estimate of drug-likeness (QED) is 0.473. The molecule has 0 aromatic heterocycles. The van der Waals surface area contributed by atoms with Gasteiger partial charge in [0.15, 0.2) is 0 Å². The second-order valence-corrected chi connectivity index (χ2v) is 4.04. The number of para-hydroxylation sites is 1. The summed E-state index contributed by atoms with van der Waals surface area (Å²) in [6, 6.07) is 7.24. The Balaban J connectivity index is 1.79. The molecule has 1 fully saturated rings. The molecule has 8 heteroatoms. The van der Waals surface area contributed by atoms with Crippen LogP contribution in [0.25, 0.3) is 0 Å². The van der Waals surface area contributed by atoms with Crippen LogP contribution >= 0.6 is 0 Å². The maximum atomic E-state index is 11.5. The van der Waals surface area contributed by atoms with Gasteiger partial charge in [0, 0.05) is 11.9 Å². The smallest absolute Gasteiger partial charge is 0.329 e. The minimum Gasteiger partial charge on any atom is -0.329 e. The summed E-state index contributed by atoms with van der Waals surface area (Å²) < 4.78 is 0. The third-order valence-electron chi connectivity index (χ3n) is 2.43. The average molecular weight is 275 g/mol. The van der Waals surface area contributed by atoms with Crippen molar-refractivity contribution in [2.75, 3.05) is 5.32 Å². The third kappa shape index (κ3) is 4.09. The van der Waals surface area contributed by atoms with Crippen LogP contribution < -0.4 is 21.4 Å². The van der Waals surface area contributed by atoms with Gasteiger partial charge in [0.1, 0.15) is 0 Å². The van der Waals surface area contributed by atoms with Crippen molar-refractivity contribution in [3.63, 3.8) is 0 Å². The SMILES string of the molecule is O=C1CC(/C=N/NC(=O)Nc2ccccc2)NC(=O)N1. The molecule has 1 atom stereocenters. The largest absolute Gasteiger partial charge is 0.339 e. The molecule has 1 heterocycles. The second-order valence-electron chi connectivity index (χ2n) is 4.04. The molecule has 1 aliphatic rings. The number of hydrazone groups is 1. The van der Waals surface area contributed by atoms with Gasteiger partial charge in [-0.2, -0.15) is 5.10 Å². The highest BCUT2D eigenvalue weighted by atomic mass is 16.2. The molecule has 0 bridgehead atoms. The van der Waals surface area contributed by atoms with Crippen LogP contribution in [0.3, 0.4) is 0 Å². The molecule has 1 unspecified atom stereocenters. The molecule has 20 heavy (non-hydrogen) atoms. The highest BCUT2D eigenvalue weighted by molar-refractivity contribution is 6.00. The molecule has 1 aliphatic heterocycles. The van der Waals surface area contributed by atoms with Crippen LogP contribution in [0.15, 0.2) is 35.4 Å². The van der Waals surface area contributed by atoms with Crippen LogP contribution in [0, 0.1) is 0 Å². The minimum absolute atomic E-state index is 0.0806. The summed E-state index contributed by atoms with van der Waals surface area (Å²) in [5.41, 5.74) is 2.87. The summed E-state index contributed by atoms with van der Waals surface area (Å²) in [4.78, 5) is 33.6. The number of benzene rings is 1. The van der Waals surface area contributed by atoms with E-state index in [1.807, 2.05) is 6.07 Å². The Morgan fingerprint density at radius 1 is 1.30 bits per heavy atom. The Kier molecular flexibility index (Phi) is 4.28. The molecule has 1 aromatic rings. The van der Waals surface area contributed by atoms with E-state index >= 15 is 0 Å². The summed E-state index contributed by atoms with van der Waals surface area (Å²) in [5, 5.41) is 10.8. The molecular weight excluding hydrogens is 262 g/mol. The molecular formula is C12H13N5O3. The van der Waals surface area contributed by atoms with E-state index in [2.05, 4.69) is 26.5 Å². The van der Waals surface area contributed by atoms with E-state index < -0.39 is 18.1 Å². The average Bonchev–Trinajstić information content (AvgIpc) is 2.38. The van der Waals surface area contributed by atoms with E-state index in [0.717, 1.165) is 0 Å². The first kappa shape index (κ1) is 13.5. The minimum atomic E-state index is -0.577. The first-order valence-corrected chi connectivity index (χ1v) is 5.89. The van der Waals surface area contributed by atoms with E-state index in [4.69, 9.17) is 0 Å². The molecule has 0 spiro atoms. The number of nitrogens with one attached hydrogen (secondary N) is 4. The number of carbonyl (C=O) groups is 3. The molecule has 1 aromatic carbocycles. The molecule has 0 saturated carbocycles. The van der Waals surface area contributed by atoms with Gasteiger partial charge >= 0.3 is 12.1 Å².